The van der Waals surface area contributed by atoms with Crippen molar-refractivity contribution in [3.05, 3.63) is 22.7 Å². The van der Waals surface area contributed by atoms with Gasteiger partial charge in [0, 0.05) is 6.04 Å². The second kappa shape index (κ2) is 6.53. The first-order chi connectivity index (χ1) is 10.1. The van der Waals surface area contributed by atoms with Crippen molar-refractivity contribution < 1.29 is 0 Å². The number of aromatic nitrogens is 1. The molecule has 2 unspecified atom stereocenters. The molecule has 21 heavy (non-hydrogen) atoms. The molecule has 0 spiro atoms. The maximum atomic E-state index is 6.40. The fourth-order valence-electron chi connectivity index (χ4n) is 3.39. The fraction of sp³-hybridized carbons (Fsp3) is 0.588. The molecule has 1 aliphatic carbocycles. The van der Waals surface area contributed by atoms with Crippen molar-refractivity contribution in [3.8, 4) is 0 Å². The summed E-state index contributed by atoms with van der Waals surface area (Å²) in [5.74, 6) is 1.68. The minimum Gasteiger partial charge on any atom is -0.379 e. The van der Waals surface area contributed by atoms with Crippen LogP contribution < -0.4 is 5.32 Å². The molecule has 0 bridgehead atoms. The number of rotatable bonds is 3. The van der Waals surface area contributed by atoms with Gasteiger partial charge < -0.3 is 5.32 Å². The van der Waals surface area contributed by atoms with Gasteiger partial charge in [0.25, 0.3) is 0 Å². The Labute approximate surface area is 135 Å². The average molecular weight is 323 g/mol. The zero-order valence-corrected chi connectivity index (χ0v) is 14.3. The summed E-state index contributed by atoms with van der Waals surface area (Å²) in [5, 5.41) is 4.48. The highest BCUT2D eigenvalue weighted by Crippen LogP contribution is 2.35. The van der Waals surface area contributed by atoms with Crippen LogP contribution in [-0.4, -0.2) is 11.0 Å². The summed E-state index contributed by atoms with van der Waals surface area (Å²) in [4.78, 5) is 4.48. The van der Waals surface area contributed by atoms with Gasteiger partial charge in [-0.1, -0.05) is 38.3 Å². The molecule has 0 saturated heterocycles. The molecule has 4 heteroatoms. The van der Waals surface area contributed by atoms with E-state index in [0.29, 0.717) is 6.04 Å². The Hall–Kier alpha value is -0.800. The van der Waals surface area contributed by atoms with Gasteiger partial charge in [0.1, 0.15) is 5.52 Å². The van der Waals surface area contributed by atoms with Crippen molar-refractivity contribution in [2.45, 2.75) is 52.0 Å². The van der Waals surface area contributed by atoms with E-state index >= 15 is 0 Å². The Morgan fingerprint density at radius 2 is 2.10 bits per heavy atom. The summed E-state index contributed by atoms with van der Waals surface area (Å²) in [5.41, 5.74) is 3.95. The van der Waals surface area contributed by atoms with Crippen LogP contribution in [0.3, 0.4) is 0 Å². The predicted octanol–water partition coefficient (Wildman–Crippen LogP) is 5.97. The lowest BCUT2D eigenvalue weighted by atomic mass is 9.89. The van der Waals surface area contributed by atoms with Crippen molar-refractivity contribution in [1.82, 2.24) is 4.98 Å². The molecule has 0 amide bonds. The Morgan fingerprint density at radius 1 is 1.24 bits per heavy atom. The number of fused-ring (bicyclic) bond motifs is 1. The summed E-state index contributed by atoms with van der Waals surface area (Å²) in [6.07, 6.45) is 6.47. The molecule has 1 heterocycles. The van der Waals surface area contributed by atoms with Gasteiger partial charge in [0.05, 0.1) is 20.9 Å². The molecule has 2 nitrogen and oxygen atoms in total. The van der Waals surface area contributed by atoms with Crippen molar-refractivity contribution in [1.29, 1.82) is 0 Å². The van der Waals surface area contributed by atoms with E-state index in [9.17, 15) is 0 Å². The van der Waals surface area contributed by atoms with Crippen LogP contribution in [-0.2, 0) is 0 Å². The zero-order valence-electron chi connectivity index (χ0n) is 12.7. The Morgan fingerprint density at radius 3 is 2.90 bits per heavy atom. The molecule has 0 aliphatic heterocycles. The largest absolute Gasteiger partial charge is 0.379 e. The predicted molar refractivity (Wildman–Crippen MR) is 93.5 cm³/mol. The molecule has 2 aromatic rings. The monoisotopic (exact) mass is 322 g/mol. The van der Waals surface area contributed by atoms with Gasteiger partial charge >= 0.3 is 0 Å². The van der Waals surface area contributed by atoms with Gasteiger partial charge in [-0.25, -0.2) is 4.98 Å². The first-order valence-corrected chi connectivity index (χ1v) is 9.19. The van der Waals surface area contributed by atoms with Gasteiger partial charge in [-0.2, -0.15) is 0 Å². The van der Waals surface area contributed by atoms with Gasteiger partial charge in [0.15, 0.2) is 0 Å². The first kappa shape index (κ1) is 15.1. The molecule has 1 aliphatic rings. The van der Waals surface area contributed by atoms with E-state index in [0.717, 1.165) is 28.1 Å². The first-order valence-electron chi connectivity index (χ1n) is 7.93. The number of anilines is 1. The van der Waals surface area contributed by atoms with Crippen molar-refractivity contribution in [2.24, 2.45) is 11.8 Å². The lowest BCUT2D eigenvalue weighted by Gasteiger charge is -2.20. The lowest BCUT2D eigenvalue weighted by molar-refractivity contribution is 0.341. The number of hydrogen-bond donors (Lipinski definition) is 1. The van der Waals surface area contributed by atoms with Gasteiger partial charge in [0.2, 0.25) is 0 Å². The van der Waals surface area contributed by atoms with Crippen LogP contribution in [0.25, 0.3) is 10.2 Å². The second-order valence-electron chi connectivity index (χ2n) is 6.48. The van der Waals surface area contributed by atoms with Gasteiger partial charge in [-0.3, -0.25) is 0 Å². The van der Waals surface area contributed by atoms with Crippen LogP contribution in [0.1, 0.15) is 46.0 Å². The SMILES string of the molecule is CC(C)C1CCCC(Nc2c(Cl)ccc3scnc23)CC1. The minimum atomic E-state index is 0.526. The molecule has 1 fully saturated rings. The normalized spacial score (nSPS) is 23.4. The molecule has 1 aromatic carbocycles. The smallest absolute Gasteiger partial charge is 0.106 e. The Balaban J connectivity index is 1.76. The second-order valence-corrected chi connectivity index (χ2v) is 7.77. The number of benzene rings is 1. The van der Waals surface area contributed by atoms with E-state index in [2.05, 4.69) is 30.2 Å². The third-order valence-electron chi connectivity index (χ3n) is 4.76. The van der Waals surface area contributed by atoms with Crippen molar-refractivity contribution >= 4 is 38.8 Å². The topological polar surface area (TPSA) is 24.9 Å². The third-order valence-corrected chi connectivity index (χ3v) is 5.87. The van der Waals surface area contributed by atoms with Crippen LogP contribution in [0.2, 0.25) is 5.02 Å². The van der Waals surface area contributed by atoms with E-state index < -0.39 is 0 Å². The van der Waals surface area contributed by atoms with Crippen molar-refractivity contribution in [3.63, 3.8) is 0 Å². The van der Waals surface area contributed by atoms with Gasteiger partial charge in [-0.05, 0) is 43.2 Å². The maximum absolute atomic E-state index is 6.40. The molecule has 114 valence electrons. The number of halogens is 1. The highest BCUT2D eigenvalue weighted by Gasteiger charge is 2.22. The van der Waals surface area contributed by atoms with Crippen LogP contribution >= 0.6 is 22.9 Å². The van der Waals surface area contributed by atoms with Crippen LogP contribution in [0, 0.1) is 11.8 Å². The summed E-state index contributed by atoms with van der Waals surface area (Å²) in [6.45, 7) is 4.70. The molecule has 2 atom stereocenters. The standard InChI is InChI=1S/C17H23ClN2S/c1-11(2)12-4-3-5-13(7-6-12)20-16-14(18)8-9-15-17(16)19-10-21-15/h8-13,20H,3-7H2,1-2H3. The van der Waals surface area contributed by atoms with Crippen LogP contribution in [0.15, 0.2) is 17.6 Å². The molecule has 1 aromatic heterocycles. The van der Waals surface area contributed by atoms with Gasteiger partial charge in [-0.15, -0.1) is 11.3 Å². The van der Waals surface area contributed by atoms with E-state index in [1.54, 1.807) is 11.3 Å². The molecular formula is C17H23ClN2S. The number of thiazole rings is 1. The van der Waals surface area contributed by atoms with Crippen LogP contribution in [0.4, 0.5) is 5.69 Å². The van der Waals surface area contributed by atoms with Crippen LogP contribution in [0.5, 0.6) is 0 Å². The summed E-state index contributed by atoms with van der Waals surface area (Å²) in [7, 11) is 0. The third kappa shape index (κ3) is 3.35. The fourth-order valence-corrected chi connectivity index (χ4v) is 4.28. The summed E-state index contributed by atoms with van der Waals surface area (Å²) in [6, 6.07) is 4.57. The number of hydrogen-bond acceptors (Lipinski definition) is 3. The maximum Gasteiger partial charge on any atom is 0.106 e. The quantitative estimate of drug-likeness (QED) is 0.704. The van der Waals surface area contributed by atoms with E-state index in [1.165, 1.54) is 36.8 Å². The number of nitrogens with zero attached hydrogens (tertiary/aromatic N) is 1. The number of nitrogens with one attached hydrogen (secondary N) is 1. The highest BCUT2D eigenvalue weighted by atomic mass is 35.5. The van der Waals surface area contributed by atoms with E-state index in [1.807, 2.05) is 11.6 Å². The molecular weight excluding hydrogens is 300 g/mol. The molecule has 3 rings (SSSR count). The summed E-state index contributed by atoms with van der Waals surface area (Å²) >= 11 is 8.07. The minimum absolute atomic E-state index is 0.526. The molecule has 1 saturated carbocycles. The van der Waals surface area contributed by atoms with E-state index in [-0.39, 0.29) is 0 Å². The zero-order chi connectivity index (χ0) is 14.8. The molecule has 0 radical (unpaired) electrons. The lowest BCUT2D eigenvalue weighted by Crippen LogP contribution is -2.19. The Kier molecular flexibility index (Phi) is 4.70. The van der Waals surface area contributed by atoms with E-state index in [4.69, 9.17) is 11.6 Å². The summed E-state index contributed by atoms with van der Waals surface area (Å²) < 4.78 is 1.20. The van der Waals surface area contributed by atoms with Crippen molar-refractivity contribution in [2.75, 3.05) is 5.32 Å². The average Bonchev–Trinajstić information content (AvgIpc) is 2.80. The molecule has 1 N–H and O–H groups in total. The Bertz CT molecular complexity index is 608. The highest BCUT2D eigenvalue weighted by molar-refractivity contribution is 7.16.